The zero-order chi connectivity index (χ0) is 16.8. The van der Waals surface area contributed by atoms with E-state index in [1.54, 1.807) is 30.3 Å². The summed E-state index contributed by atoms with van der Waals surface area (Å²) < 4.78 is 10.2. The summed E-state index contributed by atoms with van der Waals surface area (Å²) in [5.74, 6) is -0.0994. The Morgan fingerprint density at radius 1 is 1.13 bits per heavy atom. The quantitative estimate of drug-likeness (QED) is 0.444. The van der Waals surface area contributed by atoms with Crippen molar-refractivity contribution in [1.29, 1.82) is 0 Å². The van der Waals surface area contributed by atoms with Gasteiger partial charge in [0.1, 0.15) is 11.5 Å². The van der Waals surface area contributed by atoms with Crippen LogP contribution in [0.1, 0.15) is 15.9 Å². The zero-order valence-corrected chi connectivity index (χ0v) is 12.6. The highest BCUT2D eigenvalue weighted by Crippen LogP contribution is 2.26. The van der Waals surface area contributed by atoms with Crippen LogP contribution >= 0.6 is 0 Å². The number of phenols is 2. The van der Waals surface area contributed by atoms with Crippen molar-refractivity contribution in [2.24, 2.45) is 5.10 Å². The second kappa shape index (κ2) is 7.17. The summed E-state index contributed by atoms with van der Waals surface area (Å²) in [6.07, 6.45) is 1.23. The summed E-state index contributed by atoms with van der Waals surface area (Å²) >= 11 is 0. The van der Waals surface area contributed by atoms with Gasteiger partial charge in [0.25, 0.3) is 5.91 Å². The molecule has 0 aromatic heterocycles. The van der Waals surface area contributed by atoms with Gasteiger partial charge in [-0.3, -0.25) is 4.79 Å². The minimum absolute atomic E-state index is 0.266. The zero-order valence-electron chi connectivity index (χ0n) is 12.6. The fourth-order valence-corrected chi connectivity index (χ4v) is 1.82. The van der Waals surface area contributed by atoms with Gasteiger partial charge in [-0.1, -0.05) is 6.07 Å². The van der Waals surface area contributed by atoms with Crippen molar-refractivity contribution in [1.82, 2.24) is 5.43 Å². The summed E-state index contributed by atoms with van der Waals surface area (Å²) in [7, 11) is 2.97. The normalized spacial score (nSPS) is 10.5. The average molecular weight is 316 g/mol. The van der Waals surface area contributed by atoms with Crippen LogP contribution in [-0.2, 0) is 0 Å². The van der Waals surface area contributed by atoms with Crippen LogP contribution in [0.5, 0.6) is 23.0 Å². The number of carbonyl (C=O) groups is 1. The van der Waals surface area contributed by atoms with Crippen molar-refractivity contribution in [2.45, 2.75) is 0 Å². The molecule has 0 aliphatic carbocycles. The third-order valence-electron chi connectivity index (χ3n) is 3.03. The maximum Gasteiger partial charge on any atom is 0.271 e. The predicted molar refractivity (Wildman–Crippen MR) is 84.4 cm³/mol. The average Bonchev–Trinajstić information content (AvgIpc) is 2.57. The molecule has 0 radical (unpaired) electrons. The molecular weight excluding hydrogens is 300 g/mol. The maximum atomic E-state index is 12.1. The molecule has 0 spiro atoms. The van der Waals surface area contributed by atoms with E-state index in [4.69, 9.17) is 9.47 Å². The van der Waals surface area contributed by atoms with E-state index in [9.17, 15) is 15.0 Å². The van der Waals surface area contributed by atoms with Crippen LogP contribution < -0.4 is 14.9 Å². The van der Waals surface area contributed by atoms with Crippen molar-refractivity contribution < 1.29 is 24.5 Å². The van der Waals surface area contributed by atoms with Crippen LogP contribution in [0.15, 0.2) is 41.5 Å². The van der Waals surface area contributed by atoms with Gasteiger partial charge in [0.2, 0.25) is 0 Å². The molecule has 2 aromatic rings. The largest absolute Gasteiger partial charge is 0.504 e. The number of ether oxygens (including phenoxy) is 2. The van der Waals surface area contributed by atoms with Crippen LogP contribution in [0.2, 0.25) is 0 Å². The molecular formula is C16H16N2O5. The van der Waals surface area contributed by atoms with E-state index in [2.05, 4.69) is 10.5 Å². The standard InChI is InChI=1S/C16H16N2O5/c1-22-12-6-11(7-13(8-12)23-2)16(21)18-17-9-10-4-3-5-14(19)15(10)20/h3-9,19-20H,1-2H3,(H,18,21)/b17-9+. The number of benzene rings is 2. The van der Waals surface area contributed by atoms with Crippen LogP contribution in [0.4, 0.5) is 0 Å². The monoisotopic (exact) mass is 316 g/mol. The Bertz CT molecular complexity index is 721. The molecule has 3 N–H and O–H groups in total. The minimum Gasteiger partial charge on any atom is -0.504 e. The molecule has 0 fully saturated rings. The molecule has 23 heavy (non-hydrogen) atoms. The number of nitrogens with zero attached hydrogens (tertiary/aromatic N) is 1. The summed E-state index contributed by atoms with van der Waals surface area (Å²) in [4.78, 5) is 12.1. The Kier molecular flexibility index (Phi) is 5.03. The van der Waals surface area contributed by atoms with E-state index in [1.807, 2.05) is 0 Å². The Balaban J connectivity index is 2.13. The minimum atomic E-state index is -0.474. The van der Waals surface area contributed by atoms with Crippen LogP contribution in [0, 0.1) is 0 Å². The van der Waals surface area contributed by atoms with Gasteiger partial charge in [0, 0.05) is 17.2 Å². The summed E-state index contributed by atoms with van der Waals surface area (Å²) in [5.41, 5.74) is 2.90. The van der Waals surface area contributed by atoms with Gasteiger partial charge in [0.05, 0.1) is 20.4 Å². The molecule has 0 aliphatic rings. The summed E-state index contributed by atoms with van der Waals surface area (Å²) in [6.45, 7) is 0. The Morgan fingerprint density at radius 2 is 1.78 bits per heavy atom. The van der Waals surface area contributed by atoms with E-state index in [0.29, 0.717) is 17.1 Å². The first-order valence-electron chi connectivity index (χ1n) is 6.62. The highest BCUT2D eigenvalue weighted by molar-refractivity contribution is 5.96. The Morgan fingerprint density at radius 3 is 2.39 bits per heavy atom. The van der Waals surface area contributed by atoms with Gasteiger partial charge in [0.15, 0.2) is 11.5 Å². The van der Waals surface area contributed by atoms with Crippen LogP contribution in [-0.4, -0.2) is 36.6 Å². The molecule has 0 saturated carbocycles. The smallest absolute Gasteiger partial charge is 0.271 e. The van der Waals surface area contributed by atoms with Gasteiger partial charge in [-0.15, -0.1) is 0 Å². The molecule has 2 rings (SSSR count). The fourth-order valence-electron chi connectivity index (χ4n) is 1.82. The van der Waals surface area contributed by atoms with Crippen molar-refractivity contribution in [2.75, 3.05) is 14.2 Å². The number of para-hydroxylation sites is 1. The second-order valence-corrected chi connectivity index (χ2v) is 4.52. The molecule has 1 amide bonds. The number of hydrogen-bond donors (Lipinski definition) is 3. The molecule has 120 valence electrons. The first-order chi connectivity index (χ1) is 11.0. The maximum absolute atomic E-state index is 12.1. The number of methoxy groups -OCH3 is 2. The lowest BCUT2D eigenvalue weighted by atomic mass is 10.2. The highest BCUT2D eigenvalue weighted by Gasteiger charge is 2.09. The molecule has 0 atom stereocenters. The third-order valence-corrected chi connectivity index (χ3v) is 3.03. The molecule has 0 aliphatic heterocycles. The Hall–Kier alpha value is -3.22. The van der Waals surface area contributed by atoms with E-state index in [-0.39, 0.29) is 17.1 Å². The molecule has 2 aromatic carbocycles. The number of nitrogens with one attached hydrogen (secondary N) is 1. The summed E-state index contributed by atoms with van der Waals surface area (Å²) in [6, 6.07) is 9.15. The van der Waals surface area contributed by atoms with Gasteiger partial charge in [-0.05, 0) is 24.3 Å². The van der Waals surface area contributed by atoms with Gasteiger partial charge in [-0.2, -0.15) is 5.10 Å². The molecule has 7 nitrogen and oxygen atoms in total. The lowest BCUT2D eigenvalue weighted by molar-refractivity contribution is 0.0954. The molecule has 0 unspecified atom stereocenters. The topological polar surface area (TPSA) is 100 Å². The molecule has 7 heteroatoms. The van der Waals surface area contributed by atoms with Gasteiger partial charge >= 0.3 is 0 Å². The fraction of sp³-hybridized carbons (Fsp3) is 0.125. The predicted octanol–water partition coefficient (Wildman–Crippen LogP) is 1.88. The SMILES string of the molecule is COc1cc(OC)cc(C(=O)N/N=C/c2cccc(O)c2O)c1. The van der Waals surface area contributed by atoms with E-state index >= 15 is 0 Å². The van der Waals surface area contributed by atoms with E-state index in [1.165, 1.54) is 26.5 Å². The number of phenolic OH excluding ortho intramolecular Hbond substituents is 2. The number of amides is 1. The molecule has 0 heterocycles. The van der Waals surface area contributed by atoms with Crippen molar-refractivity contribution in [3.63, 3.8) is 0 Å². The van der Waals surface area contributed by atoms with E-state index in [0.717, 1.165) is 0 Å². The van der Waals surface area contributed by atoms with Crippen molar-refractivity contribution in [3.8, 4) is 23.0 Å². The first-order valence-corrected chi connectivity index (χ1v) is 6.62. The molecule has 0 bridgehead atoms. The first kappa shape index (κ1) is 16.2. The van der Waals surface area contributed by atoms with Gasteiger partial charge in [-0.25, -0.2) is 5.43 Å². The lowest BCUT2D eigenvalue weighted by Crippen LogP contribution is -2.17. The molecule has 0 saturated heterocycles. The lowest BCUT2D eigenvalue weighted by Gasteiger charge is -2.07. The van der Waals surface area contributed by atoms with Gasteiger partial charge < -0.3 is 19.7 Å². The number of hydrogen-bond acceptors (Lipinski definition) is 6. The second-order valence-electron chi connectivity index (χ2n) is 4.52. The van der Waals surface area contributed by atoms with Crippen LogP contribution in [0.3, 0.4) is 0 Å². The Labute approximate surface area is 132 Å². The van der Waals surface area contributed by atoms with Crippen molar-refractivity contribution >= 4 is 12.1 Å². The summed E-state index contributed by atoms with van der Waals surface area (Å²) in [5, 5.41) is 22.8. The van der Waals surface area contributed by atoms with Crippen LogP contribution in [0.25, 0.3) is 0 Å². The highest BCUT2D eigenvalue weighted by atomic mass is 16.5. The number of rotatable bonds is 5. The number of aromatic hydroxyl groups is 2. The van der Waals surface area contributed by atoms with E-state index < -0.39 is 5.91 Å². The van der Waals surface area contributed by atoms with Crippen molar-refractivity contribution in [3.05, 3.63) is 47.5 Å². The third kappa shape index (κ3) is 3.91. The number of hydrazone groups is 1. The number of carbonyl (C=O) groups excluding carboxylic acids is 1.